The molecule has 0 fully saturated rings. The van der Waals surface area contributed by atoms with Crippen molar-refractivity contribution >= 4 is 17.5 Å². The Hall–Kier alpha value is -2.58. The molecule has 2 N–H and O–H groups in total. The molecule has 0 aliphatic heterocycles. The number of alkyl halides is 3. The number of carboxylic acid groups (broad SMARTS) is 1. The molecule has 2 rings (SSSR count). The molecule has 0 aliphatic rings. The molecule has 0 saturated carbocycles. The van der Waals surface area contributed by atoms with Gasteiger partial charge in [-0.1, -0.05) is 33.1 Å². The highest BCUT2D eigenvalue weighted by atomic mass is 19.4. The van der Waals surface area contributed by atoms with Gasteiger partial charge in [0, 0.05) is 6.20 Å². The molecular weight excluding hydrogens is 363 g/mol. The van der Waals surface area contributed by atoms with Crippen LogP contribution in [0.3, 0.4) is 0 Å². The van der Waals surface area contributed by atoms with E-state index in [0.29, 0.717) is 25.0 Å². The monoisotopic (exact) mass is 385 g/mol. The third kappa shape index (κ3) is 4.78. The summed E-state index contributed by atoms with van der Waals surface area (Å²) in [6, 6.07) is 0.995. The van der Waals surface area contributed by atoms with Gasteiger partial charge in [-0.25, -0.2) is 9.78 Å². The maximum absolute atomic E-state index is 13.0. The van der Waals surface area contributed by atoms with Crippen LogP contribution in [0.2, 0.25) is 0 Å². The Kier molecular flexibility index (Phi) is 6.45. The van der Waals surface area contributed by atoms with Crippen LogP contribution in [0.15, 0.2) is 18.3 Å². The highest BCUT2D eigenvalue weighted by Gasteiger charge is 2.32. The van der Waals surface area contributed by atoms with Crippen molar-refractivity contribution in [1.82, 2.24) is 14.7 Å². The number of halogens is 3. The average Bonchev–Trinajstić information content (AvgIpc) is 2.94. The molecule has 0 aliphatic carbocycles. The van der Waals surface area contributed by atoms with Crippen molar-refractivity contribution in [1.29, 1.82) is 0 Å². The van der Waals surface area contributed by atoms with Gasteiger partial charge in [0.2, 0.25) is 0 Å². The Morgan fingerprint density at radius 2 is 1.96 bits per heavy atom. The fourth-order valence-corrected chi connectivity index (χ4v) is 2.80. The number of carbonyl (C=O) groups excluding carboxylic acids is 1. The minimum atomic E-state index is -4.57. The number of pyridine rings is 1. The summed E-state index contributed by atoms with van der Waals surface area (Å²) in [5.74, 6) is -1.92. The Labute approximate surface area is 154 Å². The minimum Gasteiger partial charge on any atom is -0.480 e. The summed E-state index contributed by atoms with van der Waals surface area (Å²) in [5.41, 5.74) is -0.419. The number of hydrogen-bond donors (Lipinski definition) is 2. The number of nitrogens with zero attached hydrogens (tertiary/aromatic N) is 2. The fraction of sp³-hybridized carbons (Fsp3) is 0.500. The Morgan fingerprint density at radius 3 is 2.52 bits per heavy atom. The molecule has 6 nitrogen and oxygen atoms in total. The number of imidazole rings is 1. The van der Waals surface area contributed by atoms with Crippen molar-refractivity contribution in [2.75, 3.05) is 0 Å². The van der Waals surface area contributed by atoms with Gasteiger partial charge in [-0.15, -0.1) is 0 Å². The second-order valence-electron chi connectivity index (χ2n) is 6.31. The standard InChI is InChI=1S/C18H22F3N3O3/c1-3-5-7-13(17(26)27)23-16(25)15-12(6-4-2)22-14-9-8-11(10-24(14)15)18(19,20)21/h8-10,13H,3-7H2,1-2H3,(H,23,25)(H,26,27). The predicted octanol–water partition coefficient (Wildman–Crippen LogP) is 3.68. The molecule has 1 unspecified atom stereocenters. The van der Waals surface area contributed by atoms with Crippen LogP contribution in [0.5, 0.6) is 0 Å². The topological polar surface area (TPSA) is 83.7 Å². The van der Waals surface area contributed by atoms with Crippen LogP contribution < -0.4 is 5.32 Å². The van der Waals surface area contributed by atoms with Crippen molar-refractivity contribution in [3.05, 3.63) is 35.3 Å². The number of rotatable bonds is 8. The van der Waals surface area contributed by atoms with E-state index in [1.165, 1.54) is 6.07 Å². The largest absolute Gasteiger partial charge is 0.480 e. The van der Waals surface area contributed by atoms with E-state index < -0.39 is 29.7 Å². The van der Waals surface area contributed by atoms with Crippen molar-refractivity contribution < 1.29 is 27.9 Å². The summed E-state index contributed by atoms with van der Waals surface area (Å²) in [6.45, 7) is 3.75. The molecule has 148 valence electrons. The SMILES string of the molecule is CCCCC(NC(=O)c1c(CCC)nc2ccc(C(F)(F)F)cn12)C(=O)O. The van der Waals surface area contributed by atoms with Crippen molar-refractivity contribution in [3.8, 4) is 0 Å². The van der Waals surface area contributed by atoms with Gasteiger partial charge in [-0.05, 0) is 25.0 Å². The first kappa shape index (κ1) is 20.7. The number of aromatic nitrogens is 2. The molecular formula is C18H22F3N3O3. The Morgan fingerprint density at radius 1 is 1.26 bits per heavy atom. The number of aliphatic carboxylic acids is 1. The van der Waals surface area contributed by atoms with E-state index in [9.17, 15) is 27.9 Å². The summed E-state index contributed by atoms with van der Waals surface area (Å²) >= 11 is 0. The zero-order valence-electron chi connectivity index (χ0n) is 15.1. The van der Waals surface area contributed by atoms with E-state index in [1.54, 1.807) is 0 Å². The van der Waals surface area contributed by atoms with Crippen LogP contribution in [-0.4, -0.2) is 32.4 Å². The normalized spacial score (nSPS) is 12.9. The van der Waals surface area contributed by atoms with Gasteiger partial charge in [0.1, 0.15) is 17.4 Å². The first-order chi connectivity index (χ1) is 12.7. The highest BCUT2D eigenvalue weighted by Crippen LogP contribution is 2.30. The number of hydrogen-bond acceptors (Lipinski definition) is 3. The maximum atomic E-state index is 13.0. The third-order valence-corrected chi connectivity index (χ3v) is 4.17. The zero-order chi connectivity index (χ0) is 20.2. The maximum Gasteiger partial charge on any atom is 0.417 e. The van der Waals surface area contributed by atoms with Gasteiger partial charge in [0.25, 0.3) is 5.91 Å². The molecule has 2 aromatic heterocycles. The van der Waals surface area contributed by atoms with Crippen LogP contribution in [0.25, 0.3) is 5.65 Å². The van der Waals surface area contributed by atoms with Gasteiger partial charge >= 0.3 is 12.1 Å². The van der Waals surface area contributed by atoms with Gasteiger partial charge in [-0.2, -0.15) is 13.2 Å². The van der Waals surface area contributed by atoms with E-state index in [1.807, 2.05) is 13.8 Å². The number of amides is 1. The van der Waals surface area contributed by atoms with E-state index in [-0.39, 0.29) is 17.8 Å². The number of aryl methyl sites for hydroxylation is 1. The second kappa shape index (κ2) is 8.41. The van der Waals surface area contributed by atoms with Gasteiger partial charge in [0.15, 0.2) is 0 Å². The molecule has 0 spiro atoms. The minimum absolute atomic E-state index is 0.0549. The van der Waals surface area contributed by atoms with Gasteiger partial charge in [0.05, 0.1) is 11.3 Å². The highest BCUT2D eigenvalue weighted by molar-refractivity contribution is 5.97. The fourth-order valence-electron chi connectivity index (χ4n) is 2.80. The molecule has 1 atom stereocenters. The van der Waals surface area contributed by atoms with E-state index >= 15 is 0 Å². The summed E-state index contributed by atoms with van der Waals surface area (Å²) in [5, 5.41) is 11.7. The molecule has 0 radical (unpaired) electrons. The molecule has 0 saturated heterocycles. The molecule has 2 heterocycles. The lowest BCUT2D eigenvalue weighted by Crippen LogP contribution is -2.41. The lowest BCUT2D eigenvalue weighted by Gasteiger charge is -2.15. The number of carboxylic acids is 1. The zero-order valence-corrected chi connectivity index (χ0v) is 15.1. The molecule has 1 amide bonds. The third-order valence-electron chi connectivity index (χ3n) is 4.17. The molecule has 27 heavy (non-hydrogen) atoms. The molecule has 0 bridgehead atoms. The Balaban J connectivity index is 2.48. The van der Waals surface area contributed by atoms with Crippen LogP contribution >= 0.6 is 0 Å². The van der Waals surface area contributed by atoms with Gasteiger partial charge in [-0.3, -0.25) is 9.20 Å². The molecule has 0 aromatic carbocycles. The van der Waals surface area contributed by atoms with Crippen molar-refractivity contribution in [2.45, 2.75) is 58.2 Å². The number of fused-ring (bicyclic) bond motifs is 1. The van der Waals surface area contributed by atoms with Crippen molar-refractivity contribution in [2.24, 2.45) is 0 Å². The van der Waals surface area contributed by atoms with Crippen LogP contribution in [-0.2, 0) is 17.4 Å². The van der Waals surface area contributed by atoms with E-state index in [0.717, 1.165) is 23.1 Å². The lowest BCUT2D eigenvalue weighted by atomic mass is 10.1. The Bertz CT molecular complexity index is 830. The molecule has 9 heteroatoms. The van der Waals surface area contributed by atoms with Gasteiger partial charge < -0.3 is 10.4 Å². The van der Waals surface area contributed by atoms with Crippen LogP contribution in [0, 0.1) is 0 Å². The van der Waals surface area contributed by atoms with E-state index in [4.69, 9.17) is 0 Å². The number of nitrogens with one attached hydrogen (secondary N) is 1. The van der Waals surface area contributed by atoms with Crippen molar-refractivity contribution in [3.63, 3.8) is 0 Å². The van der Waals surface area contributed by atoms with E-state index in [2.05, 4.69) is 10.3 Å². The first-order valence-electron chi connectivity index (χ1n) is 8.80. The quantitative estimate of drug-likeness (QED) is 0.726. The summed E-state index contributed by atoms with van der Waals surface area (Å²) in [6.07, 6.45) is -1.13. The first-order valence-corrected chi connectivity index (χ1v) is 8.80. The predicted molar refractivity (Wildman–Crippen MR) is 92.6 cm³/mol. The lowest BCUT2D eigenvalue weighted by molar-refractivity contribution is -0.139. The summed E-state index contributed by atoms with van der Waals surface area (Å²) < 4.78 is 40.2. The summed E-state index contributed by atoms with van der Waals surface area (Å²) in [4.78, 5) is 28.4. The van der Waals surface area contributed by atoms with Crippen LogP contribution in [0.4, 0.5) is 13.2 Å². The number of carbonyl (C=O) groups is 2. The smallest absolute Gasteiger partial charge is 0.417 e. The molecule has 2 aromatic rings. The summed E-state index contributed by atoms with van der Waals surface area (Å²) in [7, 11) is 0. The second-order valence-corrected chi connectivity index (χ2v) is 6.31. The number of unbranched alkanes of at least 4 members (excludes halogenated alkanes) is 1. The average molecular weight is 385 g/mol. The van der Waals surface area contributed by atoms with Crippen LogP contribution in [0.1, 0.15) is 61.3 Å².